The molecule has 2 nitrogen and oxygen atoms in total. The van der Waals surface area contributed by atoms with Gasteiger partial charge in [0, 0.05) is 13.0 Å². The summed E-state index contributed by atoms with van der Waals surface area (Å²) in [5.74, 6) is 0.0454. The fourth-order valence-corrected chi connectivity index (χ4v) is 1.66. The predicted molar refractivity (Wildman–Crippen MR) is 42.2 cm³/mol. The summed E-state index contributed by atoms with van der Waals surface area (Å²) in [6.45, 7) is 1.65. The Hall–Kier alpha value is -0.220. The van der Waals surface area contributed by atoms with Crippen LogP contribution < -0.4 is 0 Å². The minimum Gasteiger partial charge on any atom is -0.393 e. The standard InChI is InChI=1S/C8H15F2NO/c1-11-3-2-6(5-11)7(12)4-8(9)10/h6-8,12H,2-5H2,1H3. The lowest BCUT2D eigenvalue weighted by Crippen LogP contribution is -2.25. The van der Waals surface area contributed by atoms with Crippen molar-refractivity contribution in [3.05, 3.63) is 0 Å². The fraction of sp³-hybridized carbons (Fsp3) is 1.00. The minimum atomic E-state index is -2.38. The van der Waals surface area contributed by atoms with Gasteiger partial charge in [0.25, 0.3) is 0 Å². The van der Waals surface area contributed by atoms with E-state index >= 15 is 0 Å². The van der Waals surface area contributed by atoms with Crippen LogP contribution in [0.25, 0.3) is 0 Å². The molecule has 0 aromatic rings. The highest BCUT2D eigenvalue weighted by molar-refractivity contribution is 4.79. The Morgan fingerprint density at radius 3 is 2.67 bits per heavy atom. The number of hydrogen-bond donors (Lipinski definition) is 1. The van der Waals surface area contributed by atoms with Crippen molar-refractivity contribution in [1.82, 2.24) is 4.90 Å². The van der Waals surface area contributed by atoms with Gasteiger partial charge in [0.15, 0.2) is 0 Å². The van der Waals surface area contributed by atoms with Gasteiger partial charge in [-0.15, -0.1) is 0 Å². The van der Waals surface area contributed by atoms with Crippen LogP contribution in [0.5, 0.6) is 0 Å². The maximum absolute atomic E-state index is 11.9. The van der Waals surface area contributed by atoms with E-state index in [-0.39, 0.29) is 12.3 Å². The van der Waals surface area contributed by atoms with Crippen LogP contribution in [0.15, 0.2) is 0 Å². The summed E-state index contributed by atoms with van der Waals surface area (Å²) in [5.41, 5.74) is 0. The van der Waals surface area contributed by atoms with Crippen molar-refractivity contribution in [2.75, 3.05) is 20.1 Å². The summed E-state index contributed by atoms with van der Waals surface area (Å²) < 4.78 is 23.7. The summed E-state index contributed by atoms with van der Waals surface area (Å²) in [5, 5.41) is 9.33. The minimum absolute atomic E-state index is 0.0454. The summed E-state index contributed by atoms with van der Waals surface area (Å²) in [6, 6.07) is 0. The molecule has 1 aliphatic rings. The van der Waals surface area contributed by atoms with E-state index in [9.17, 15) is 13.9 Å². The maximum Gasteiger partial charge on any atom is 0.241 e. The van der Waals surface area contributed by atoms with E-state index in [4.69, 9.17) is 0 Å². The fourth-order valence-electron chi connectivity index (χ4n) is 1.66. The van der Waals surface area contributed by atoms with Crippen LogP contribution >= 0.6 is 0 Å². The van der Waals surface area contributed by atoms with E-state index in [1.165, 1.54) is 0 Å². The lowest BCUT2D eigenvalue weighted by Gasteiger charge is -2.17. The topological polar surface area (TPSA) is 23.5 Å². The second-order valence-electron chi connectivity index (χ2n) is 3.51. The van der Waals surface area contributed by atoms with E-state index in [1.807, 2.05) is 7.05 Å². The van der Waals surface area contributed by atoms with Crippen LogP contribution in [0.2, 0.25) is 0 Å². The van der Waals surface area contributed by atoms with E-state index in [0.717, 1.165) is 19.5 Å². The number of likely N-dealkylation sites (tertiary alicyclic amines) is 1. The second kappa shape index (κ2) is 4.14. The molecule has 0 amide bonds. The molecule has 4 heteroatoms. The molecule has 72 valence electrons. The third-order valence-corrected chi connectivity index (χ3v) is 2.39. The highest BCUT2D eigenvalue weighted by Gasteiger charge is 2.28. The third kappa shape index (κ3) is 2.68. The molecular formula is C8H15F2NO. The zero-order valence-electron chi connectivity index (χ0n) is 7.21. The summed E-state index contributed by atoms with van der Waals surface area (Å²) in [6.07, 6.45) is -2.75. The lowest BCUT2D eigenvalue weighted by molar-refractivity contribution is 0.0316. The number of aliphatic hydroxyl groups is 1. The maximum atomic E-state index is 11.9. The van der Waals surface area contributed by atoms with E-state index in [2.05, 4.69) is 4.90 Å². The molecule has 0 saturated carbocycles. The molecule has 0 spiro atoms. The smallest absolute Gasteiger partial charge is 0.241 e. The number of nitrogens with zero attached hydrogens (tertiary/aromatic N) is 1. The molecule has 2 atom stereocenters. The highest BCUT2D eigenvalue weighted by atomic mass is 19.3. The van der Waals surface area contributed by atoms with Gasteiger partial charge in [-0.3, -0.25) is 0 Å². The average Bonchev–Trinajstić information content (AvgIpc) is 2.34. The Morgan fingerprint density at radius 1 is 1.58 bits per heavy atom. The van der Waals surface area contributed by atoms with Gasteiger partial charge in [0.2, 0.25) is 6.43 Å². The first-order valence-electron chi connectivity index (χ1n) is 4.24. The molecule has 0 aromatic carbocycles. The average molecular weight is 179 g/mol. The van der Waals surface area contributed by atoms with Crippen LogP contribution in [-0.2, 0) is 0 Å². The quantitative estimate of drug-likeness (QED) is 0.697. The monoisotopic (exact) mass is 179 g/mol. The van der Waals surface area contributed by atoms with Crippen molar-refractivity contribution >= 4 is 0 Å². The number of halogens is 2. The first-order valence-corrected chi connectivity index (χ1v) is 4.24. The van der Waals surface area contributed by atoms with Crippen LogP contribution in [0.4, 0.5) is 8.78 Å². The third-order valence-electron chi connectivity index (χ3n) is 2.39. The first-order chi connectivity index (χ1) is 5.59. The summed E-state index contributed by atoms with van der Waals surface area (Å²) >= 11 is 0. The van der Waals surface area contributed by atoms with Gasteiger partial charge in [-0.1, -0.05) is 0 Å². The Kier molecular flexibility index (Phi) is 3.40. The van der Waals surface area contributed by atoms with Gasteiger partial charge in [-0.05, 0) is 25.9 Å². The van der Waals surface area contributed by atoms with Crippen molar-refractivity contribution < 1.29 is 13.9 Å². The van der Waals surface area contributed by atoms with Crippen molar-refractivity contribution in [2.45, 2.75) is 25.4 Å². The van der Waals surface area contributed by atoms with Gasteiger partial charge in [-0.25, -0.2) is 8.78 Å². The van der Waals surface area contributed by atoms with Crippen LogP contribution in [0.3, 0.4) is 0 Å². The van der Waals surface area contributed by atoms with Gasteiger partial charge in [-0.2, -0.15) is 0 Å². The Balaban J connectivity index is 2.28. The van der Waals surface area contributed by atoms with Gasteiger partial charge in [0.1, 0.15) is 0 Å². The zero-order chi connectivity index (χ0) is 9.14. The predicted octanol–water partition coefficient (Wildman–Crippen LogP) is 0.954. The lowest BCUT2D eigenvalue weighted by atomic mass is 9.99. The Morgan fingerprint density at radius 2 is 2.25 bits per heavy atom. The molecule has 1 N–H and O–H groups in total. The zero-order valence-corrected chi connectivity index (χ0v) is 7.21. The summed E-state index contributed by atoms with van der Waals surface area (Å²) in [4.78, 5) is 2.05. The van der Waals surface area contributed by atoms with E-state index in [1.54, 1.807) is 0 Å². The molecule has 1 aliphatic heterocycles. The Bertz CT molecular complexity index is 143. The van der Waals surface area contributed by atoms with Crippen LogP contribution in [0, 0.1) is 5.92 Å². The number of alkyl halides is 2. The molecule has 1 heterocycles. The largest absolute Gasteiger partial charge is 0.393 e. The number of hydrogen-bond acceptors (Lipinski definition) is 2. The van der Waals surface area contributed by atoms with Crippen molar-refractivity contribution in [1.29, 1.82) is 0 Å². The van der Waals surface area contributed by atoms with Gasteiger partial charge < -0.3 is 10.0 Å². The van der Waals surface area contributed by atoms with Crippen LogP contribution in [0.1, 0.15) is 12.8 Å². The van der Waals surface area contributed by atoms with Crippen molar-refractivity contribution in [3.63, 3.8) is 0 Å². The highest BCUT2D eigenvalue weighted by Crippen LogP contribution is 2.21. The van der Waals surface area contributed by atoms with E-state index in [0.29, 0.717) is 0 Å². The summed E-state index contributed by atoms with van der Waals surface area (Å²) in [7, 11) is 1.94. The number of aliphatic hydroxyl groups excluding tert-OH is 1. The van der Waals surface area contributed by atoms with Gasteiger partial charge in [0.05, 0.1) is 6.10 Å². The first kappa shape index (κ1) is 9.86. The molecule has 1 fully saturated rings. The second-order valence-corrected chi connectivity index (χ2v) is 3.51. The normalized spacial score (nSPS) is 28.2. The van der Waals surface area contributed by atoms with Gasteiger partial charge >= 0.3 is 0 Å². The van der Waals surface area contributed by atoms with Crippen LogP contribution in [-0.4, -0.2) is 42.7 Å². The molecule has 1 rings (SSSR count). The SMILES string of the molecule is CN1CCC(C(O)CC(F)F)C1. The molecule has 0 bridgehead atoms. The van der Waals surface area contributed by atoms with Crippen molar-refractivity contribution in [2.24, 2.45) is 5.92 Å². The Labute approximate surface area is 71.2 Å². The molecule has 0 radical (unpaired) electrons. The molecule has 12 heavy (non-hydrogen) atoms. The molecule has 0 aliphatic carbocycles. The van der Waals surface area contributed by atoms with E-state index < -0.39 is 12.5 Å². The molecular weight excluding hydrogens is 164 g/mol. The number of rotatable bonds is 3. The molecule has 2 unspecified atom stereocenters. The van der Waals surface area contributed by atoms with Crippen molar-refractivity contribution in [3.8, 4) is 0 Å². The molecule has 0 aromatic heterocycles. The molecule has 1 saturated heterocycles.